The second kappa shape index (κ2) is 8.40. The number of benzene rings is 2. The van der Waals surface area contributed by atoms with Crippen LogP contribution in [-0.2, 0) is 6.54 Å². The molecule has 4 rings (SSSR count). The summed E-state index contributed by atoms with van der Waals surface area (Å²) < 4.78 is 0. The smallest absolute Gasteiger partial charge is 0.319 e. The van der Waals surface area contributed by atoms with Crippen LogP contribution >= 0.6 is 0 Å². The van der Waals surface area contributed by atoms with Gasteiger partial charge in [0.15, 0.2) is 0 Å². The van der Waals surface area contributed by atoms with E-state index in [1.807, 2.05) is 30.5 Å². The number of likely N-dealkylation sites (tertiary alicyclic amines) is 1. The van der Waals surface area contributed by atoms with Crippen molar-refractivity contribution in [2.75, 3.05) is 18.4 Å². The summed E-state index contributed by atoms with van der Waals surface area (Å²) in [6, 6.07) is 16.5. The molecule has 1 aromatic heterocycles. The van der Waals surface area contributed by atoms with Gasteiger partial charge in [0.1, 0.15) is 0 Å². The van der Waals surface area contributed by atoms with Gasteiger partial charge < -0.3 is 10.6 Å². The highest BCUT2D eigenvalue weighted by Crippen LogP contribution is 2.22. The molecule has 2 heterocycles. The molecule has 2 N–H and O–H groups in total. The van der Waals surface area contributed by atoms with Crippen LogP contribution in [0.15, 0.2) is 60.9 Å². The molecule has 1 fully saturated rings. The standard InChI is InChI=1S/C23H26N4O/c1-17-4-2-5-18(14-17)16-27-12-9-20(10-13-27)25-23(28)26-22-7-3-6-19-15-24-11-8-21(19)22/h2-8,11,14-15,20H,9-10,12-13,16H2,1H3,(H2,25,26,28). The first kappa shape index (κ1) is 18.4. The number of aryl methyl sites for hydroxylation is 1. The summed E-state index contributed by atoms with van der Waals surface area (Å²) in [7, 11) is 0. The molecule has 0 atom stereocenters. The summed E-state index contributed by atoms with van der Waals surface area (Å²) in [5.74, 6) is 0. The molecule has 0 bridgehead atoms. The third-order valence-corrected chi connectivity index (χ3v) is 5.34. The summed E-state index contributed by atoms with van der Waals surface area (Å²) in [6.45, 7) is 5.10. The molecule has 28 heavy (non-hydrogen) atoms. The number of amides is 2. The molecule has 5 heteroatoms. The van der Waals surface area contributed by atoms with Crippen molar-refractivity contribution < 1.29 is 4.79 Å². The van der Waals surface area contributed by atoms with E-state index in [0.29, 0.717) is 0 Å². The first-order chi connectivity index (χ1) is 13.7. The van der Waals surface area contributed by atoms with E-state index in [1.165, 1.54) is 11.1 Å². The van der Waals surface area contributed by atoms with Crippen LogP contribution < -0.4 is 10.6 Å². The number of urea groups is 1. The topological polar surface area (TPSA) is 57.3 Å². The number of carbonyl (C=O) groups is 1. The number of fused-ring (bicyclic) bond motifs is 1. The van der Waals surface area contributed by atoms with Gasteiger partial charge in [-0.05, 0) is 37.5 Å². The van der Waals surface area contributed by atoms with E-state index in [-0.39, 0.29) is 12.1 Å². The zero-order chi connectivity index (χ0) is 19.3. The quantitative estimate of drug-likeness (QED) is 0.715. The van der Waals surface area contributed by atoms with Crippen LogP contribution in [0.4, 0.5) is 10.5 Å². The lowest BCUT2D eigenvalue weighted by atomic mass is 10.0. The normalized spacial score (nSPS) is 15.5. The van der Waals surface area contributed by atoms with Gasteiger partial charge in [-0.25, -0.2) is 4.79 Å². The number of aromatic nitrogens is 1. The summed E-state index contributed by atoms with van der Waals surface area (Å²) in [5, 5.41) is 8.15. The first-order valence-corrected chi connectivity index (χ1v) is 9.85. The first-order valence-electron chi connectivity index (χ1n) is 9.85. The van der Waals surface area contributed by atoms with Crippen molar-refractivity contribution in [3.05, 3.63) is 72.1 Å². The number of nitrogens with zero attached hydrogens (tertiary/aromatic N) is 2. The average Bonchev–Trinajstić information content (AvgIpc) is 2.70. The molecule has 144 valence electrons. The van der Waals surface area contributed by atoms with Gasteiger partial charge in [0.25, 0.3) is 0 Å². The molecule has 1 aliphatic rings. The van der Waals surface area contributed by atoms with E-state index in [0.717, 1.165) is 48.9 Å². The summed E-state index contributed by atoms with van der Waals surface area (Å²) in [6.07, 6.45) is 5.50. The van der Waals surface area contributed by atoms with Crippen molar-refractivity contribution in [2.45, 2.75) is 32.4 Å². The zero-order valence-electron chi connectivity index (χ0n) is 16.2. The number of carbonyl (C=O) groups excluding carboxylic acids is 1. The van der Waals surface area contributed by atoms with Gasteiger partial charge in [-0.2, -0.15) is 0 Å². The summed E-state index contributed by atoms with van der Waals surface area (Å²) in [4.78, 5) is 19.1. The molecule has 0 unspecified atom stereocenters. The Labute approximate surface area is 165 Å². The second-order valence-electron chi connectivity index (χ2n) is 7.54. The number of nitrogens with one attached hydrogen (secondary N) is 2. The predicted molar refractivity (Wildman–Crippen MR) is 113 cm³/mol. The number of piperidine rings is 1. The molecular weight excluding hydrogens is 348 g/mol. The van der Waals surface area contributed by atoms with Crippen molar-refractivity contribution in [3.63, 3.8) is 0 Å². The average molecular weight is 374 g/mol. The van der Waals surface area contributed by atoms with Gasteiger partial charge in [0.05, 0.1) is 5.69 Å². The van der Waals surface area contributed by atoms with Gasteiger partial charge in [-0.1, -0.05) is 42.0 Å². The maximum Gasteiger partial charge on any atom is 0.319 e. The lowest BCUT2D eigenvalue weighted by Crippen LogP contribution is -2.45. The molecule has 0 saturated carbocycles. The van der Waals surface area contributed by atoms with Crippen LogP contribution in [0, 0.1) is 6.92 Å². The van der Waals surface area contributed by atoms with Crippen LogP contribution in [0.1, 0.15) is 24.0 Å². The van der Waals surface area contributed by atoms with Crippen LogP contribution in [0.25, 0.3) is 10.8 Å². The third kappa shape index (κ3) is 4.49. The molecule has 0 aliphatic carbocycles. The fourth-order valence-electron chi connectivity index (χ4n) is 3.88. The largest absolute Gasteiger partial charge is 0.335 e. The number of hydrogen-bond donors (Lipinski definition) is 2. The lowest BCUT2D eigenvalue weighted by molar-refractivity contribution is 0.190. The van der Waals surface area contributed by atoms with Gasteiger partial charge in [-0.3, -0.25) is 9.88 Å². The Hall–Kier alpha value is -2.92. The number of anilines is 1. The molecule has 1 saturated heterocycles. The van der Waals surface area contributed by atoms with Crippen molar-refractivity contribution in [1.29, 1.82) is 0 Å². The highest BCUT2D eigenvalue weighted by atomic mass is 16.2. The lowest BCUT2D eigenvalue weighted by Gasteiger charge is -2.32. The number of pyridine rings is 1. The Morgan fingerprint density at radius 3 is 2.79 bits per heavy atom. The second-order valence-corrected chi connectivity index (χ2v) is 7.54. The fourth-order valence-corrected chi connectivity index (χ4v) is 3.88. The van der Waals surface area contributed by atoms with Crippen molar-refractivity contribution >= 4 is 22.5 Å². The maximum atomic E-state index is 12.5. The maximum absolute atomic E-state index is 12.5. The predicted octanol–water partition coefficient (Wildman–Crippen LogP) is 4.33. The fraction of sp³-hybridized carbons (Fsp3) is 0.304. The van der Waals surface area contributed by atoms with Crippen LogP contribution in [0.3, 0.4) is 0 Å². The van der Waals surface area contributed by atoms with Crippen molar-refractivity contribution in [2.24, 2.45) is 0 Å². The number of rotatable bonds is 4. The van der Waals surface area contributed by atoms with E-state index in [2.05, 4.69) is 51.7 Å². The van der Waals surface area contributed by atoms with E-state index in [4.69, 9.17) is 0 Å². The molecule has 2 aromatic carbocycles. The molecule has 3 aromatic rings. The molecule has 5 nitrogen and oxygen atoms in total. The molecule has 2 amide bonds. The Kier molecular flexibility index (Phi) is 5.53. The third-order valence-electron chi connectivity index (χ3n) is 5.34. The number of hydrogen-bond acceptors (Lipinski definition) is 3. The van der Waals surface area contributed by atoms with Crippen LogP contribution in [0.5, 0.6) is 0 Å². The Morgan fingerprint density at radius 1 is 1.14 bits per heavy atom. The van der Waals surface area contributed by atoms with E-state index in [9.17, 15) is 4.79 Å². The Morgan fingerprint density at radius 2 is 1.96 bits per heavy atom. The van der Waals surface area contributed by atoms with Gasteiger partial charge in [-0.15, -0.1) is 0 Å². The Bertz CT molecular complexity index is 958. The van der Waals surface area contributed by atoms with E-state index in [1.54, 1.807) is 6.20 Å². The molecule has 0 radical (unpaired) electrons. The van der Waals surface area contributed by atoms with Crippen molar-refractivity contribution in [1.82, 2.24) is 15.2 Å². The van der Waals surface area contributed by atoms with Gasteiger partial charge >= 0.3 is 6.03 Å². The minimum absolute atomic E-state index is 0.138. The summed E-state index contributed by atoms with van der Waals surface area (Å²) in [5.41, 5.74) is 3.47. The van der Waals surface area contributed by atoms with Crippen molar-refractivity contribution in [3.8, 4) is 0 Å². The summed E-state index contributed by atoms with van der Waals surface area (Å²) >= 11 is 0. The minimum Gasteiger partial charge on any atom is -0.335 e. The van der Waals surface area contributed by atoms with Gasteiger partial charge in [0, 0.05) is 48.8 Å². The Balaban J connectivity index is 1.29. The molecule has 0 spiro atoms. The van der Waals surface area contributed by atoms with E-state index < -0.39 is 0 Å². The molecular formula is C23H26N4O. The van der Waals surface area contributed by atoms with Gasteiger partial charge in [0.2, 0.25) is 0 Å². The minimum atomic E-state index is -0.138. The zero-order valence-corrected chi connectivity index (χ0v) is 16.2. The highest BCUT2D eigenvalue weighted by Gasteiger charge is 2.21. The van der Waals surface area contributed by atoms with Crippen LogP contribution in [-0.4, -0.2) is 35.0 Å². The monoisotopic (exact) mass is 374 g/mol. The van der Waals surface area contributed by atoms with Crippen LogP contribution in [0.2, 0.25) is 0 Å². The SMILES string of the molecule is Cc1cccc(CN2CCC(NC(=O)Nc3cccc4cnccc34)CC2)c1. The van der Waals surface area contributed by atoms with E-state index >= 15 is 0 Å². The highest BCUT2D eigenvalue weighted by molar-refractivity contribution is 6.01. The molecule has 1 aliphatic heterocycles.